The number of aryl methyl sites for hydroxylation is 2. The lowest BCUT2D eigenvalue weighted by atomic mass is 9.98. The molecule has 3 N–H and O–H groups in total. The third-order valence-electron chi connectivity index (χ3n) is 4.19. The highest BCUT2D eigenvalue weighted by Gasteiger charge is 2.27. The van der Waals surface area contributed by atoms with Crippen molar-refractivity contribution in [2.75, 3.05) is 5.32 Å². The van der Waals surface area contributed by atoms with Gasteiger partial charge in [-0.15, -0.1) is 0 Å². The summed E-state index contributed by atoms with van der Waals surface area (Å²) in [6, 6.07) is 3.55. The number of aromatic nitrogens is 1. The standard InChI is InChI=1S/C18H17ClN2O3/c1-9-5-11(19)6-15-17(9)13(18(24)21-15)7-14-12(3-4-16(22)23)10(2)8-20-14/h5-8,20H,3-4H2,1-2H3,(H,21,24)(H,22,23)/b13-7-. The molecule has 0 fully saturated rings. The molecule has 124 valence electrons. The zero-order valence-electron chi connectivity index (χ0n) is 13.4. The minimum Gasteiger partial charge on any atom is -0.481 e. The Morgan fingerprint density at radius 2 is 2.04 bits per heavy atom. The van der Waals surface area contributed by atoms with Crippen molar-refractivity contribution < 1.29 is 14.7 Å². The van der Waals surface area contributed by atoms with Crippen LogP contribution in [0.3, 0.4) is 0 Å². The average Bonchev–Trinajstić information content (AvgIpc) is 2.98. The minimum absolute atomic E-state index is 0.0479. The number of amides is 1. The Hall–Kier alpha value is -2.53. The predicted octanol–water partition coefficient (Wildman–Crippen LogP) is 3.79. The summed E-state index contributed by atoms with van der Waals surface area (Å²) < 4.78 is 0. The second-order valence-corrected chi connectivity index (χ2v) is 6.35. The topological polar surface area (TPSA) is 82.2 Å². The number of anilines is 1. The van der Waals surface area contributed by atoms with Crippen LogP contribution < -0.4 is 5.32 Å². The first-order valence-electron chi connectivity index (χ1n) is 7.59. The fourth-order valence-corrected chi connectivity index (χ4v) is 3.32. The number of hydrogen-bond donors (Lipinski definition) is 3. The smallest absolute Gasteiger partial charge is 0.303 e. The molecule has 3 rings (SSSR count). The van der Waals surface area contributed by atoms with Crippen LogP contribution in [0.2, 0.25) is 5.02 Å². The van der Waals surface area contributed by atoms with Gasteiger partial charge in [0, 0.05) is 28.9 Å². The van der Waals surface area contributed by atoms with Crippen molar-refractivity contribution in [3.63, 3.8) is 0 Å². The number of aliphatic carboxylic acids is 1. The van der Waals surface area contributed by atoms with E-state index in [0.29, 0.717) is 22.7 Å². The first-order valence-corrected chi connectivity index (χ1v) is 7.97. The van der Waals surface area contributed by atoms with Gasteiger partial charge in [-0.25, -0.2) is 0 Å². The van der Waals surface area contributed by atoms with E-state index in [4.69, 9.17) is 16.7 Å². The Labute approximate surface area is 144 Å². The molecule has 6 heteroatoms. The van der Waals surface area contributed by atoms with Crippen LogP contribution in [0.4, 0.5) is 5.69 Å². The Kier molecular flexibility index (Phi) is 4.20. The maximum absolute atomic E-state index is 12.4. The molecule has 1 aliphatic rings. The first-order chi connectivity index (χ1) is 11.4. The Bertz CT molecular complexity index is 881. The molecule has 1 aromatic carbocycles. The summed E-state index contributed by atoms with van der Waals surface area (Å²) in [6.45, 7) is 3.83. The number of hydrogen-bond acceptors (Lipinski definition) is 2. The van der Waals surface area contributed by atoms with E-state index in [1.807, 2.05) is 26.1 Å². The van der Waals surface area contributed by atoms with Crippen LogP contribution in [-0.2, 0) is 16.0 Å². The average molecular weight is 345 g/mol. The summed E-state index contributed by atoms with van der Waals surface area (Å²) in [5.74, 6) is -1.03. The van der Waals surface area contributed by atoms with E-state index in [1.54, 1.807) is 12.1 Å². The van der Waals surface area contributed by atoms with Crippen molar-refractivity contribution >= 4 is 40.8 Å². The van der Waals surface area contributed by atoms with E-state index in [2.05, 4.69) is 10.3 Å². The first kappa shape index (κ1) is 16.3. The Morgan fingerprint density at radius 1 is 1.29 bits per heavy atom. The lowest BCUT2D eigenvalue weighted by Crippen LogP contribution is -2.04. The van der Waals surface area contributed by atoms with E-state index in [-0.39, 0.29) is 12.3 Å². The summed E-state index contributed by atoms with van der Waals surface area (Å²) in [7, 11) is 0. The molecule has 0 unspecified atom stereocenters. The van der Waals surface area contributed by atoms with Crippen LogP contribution in [0.5, 0.6) is 0 Å². The number of rotatable bonds is 4. The van der Waals surface area contributed by atoms with Crippen molar-refractivity contribution in [1.29, 1.82) is 0 Å². The fourth-order valence-electron chi connectivity index (χ4n) is 3.05. The summed E-state index contributed by atoms with van der Waals surface area (Å²) in [6.07, 6.45) is 4.07. The summed E-state index contributed by atoms with van der Waals surface area (Å²) in [5, 5.41) is 12.3. The monoisotopic (exact) mass is 344 g/mol. The van der Waals surface area contributed by atoms with Gasteiger partial charge in [0.05, 0.1) is 11.3 Å². The molecule has 0 saturated carbocycles. The van der Waals surface area contributed by atoms with E-state index in [0.717, 1.165) is 27.9 Å². The molecular weight excluding hydrogens is 328 g/mol. The van der Waals surface area contributed by atoms with Crippen molar-refractivity contribution in [2.45, 2.75) is 26.7 Å². The molecule has 0 spiro atoms. The molecule has 5 nitrogen and oxygen atoms in total. The van der Waals surface area contributed by atoms with Crippen molar-refractivity contribution in [3.05, 3.63) is 51.3 Å². The SMILES string of the molecule is Cc1c[nH]c(/C=C2\C(=O)Nc3cc(Cl)cc(C)c32)c1CCC(=O)O. The van der Waals surface area contributed by atoms with Crippen LogP contribution in [0, 0.1) is 13.8 Å². The van der Waals surface area contributed by atoms with Gasteiger partial charge in [0.1, 0.15) is 0 Å². The molecule has 1 aliphatic heterocycles. The van der Waals surface area contributed by atoms with Crippen LogP contribution in [-0.4, -0.2) is 22.0 Å². The number of carbonyl (C=O) groups excluding carboxylic acids is 1. The van der Waals surface area contributed by atoms with E-state index >= 15 is 0 Å². The molecule has 24 heavy (non-hydrogen) atoms. The largest absolute Gasteiger partial charge is 0.481 e. The second kappa shape index (κ2) is 6.17. The summed E-state index contributed by atoms with van der Waals surface area (Å²) in [5.41, 5.74) is 5.66. The van der Waals surface area contributed by atoms with Gasteiger partial charge in [-0.1, -0.05) is 11.6 Å². The zero-order chi connectivity index (χ0) is 17.4. The number of aromatic amines is 1. The Morgan fingerprint density at radius 3 is 2.75 bits per heavy atom. The third-order valence-corrected chi connectivity index (χ3v) is 4.40. The number of fused-ring (bicyclic) bond motifs is 1. The molecule has 0 atom stereocenters. The highest BCUT2D eigenvalue weighted by Crippen LogP contribution is 2.38. The highest BCUT2D eigenvalue weighted by atomic mass is 35.5. The van der Waals surface area contributed by atoms with Gasteiger partial charge in [-0.2, -0.15) is 0 Å². The fraction of sp³-hybridized carbons (Fsp3) is 0.222. The number of benzene rings is 1. The third kappa shape index (κ3) is 2.95. The predicted molar refractivity (Wildman–Crippen MR) is 94.2 cm³/mol. The van der Waals surface area contributed by atoms with Crippen molar-refractivity contribution in [2.24, 2.45) is 0 Å². The molecule has 0 aliphatic carbocycles. The molecular formula is C18H17ClN2O3. The van der Waals surface area contributed by atoms with Crippen molar-refractivity contribution in [3.8, 4) is 0 Å². The quantitative estimate of drug-likeness (QED) is 0.738. The number of carboxylic acid groups (broad SMARTS) is 1. The second-order valence-electron chi connectivity index (χ2n) is 5.92. The number of nitrogens with one attached hydrogen (secondary N) is 2. The normalized spacial score (nSPS) is 14.8. The lowest BCUT2D eigenvalue weighted by molar-refractivity contribution is -0.137. The number of carboxylic acids is 1. The molecule has 0 radical (unpaired) electrons. The van der Waals surface area contributed by atoms with Gasteiger partial charge in [0.15, 0.2) is 0 Å². The van der Waals surface area contributed by atoms with Crippen molar-refractivity contribution in [1.82, 2.24) is 4.98 Å². The minimum atomic E-state index is -0.844. The summed E-state index contributed by atoms with van der Waals surface area (Å²) in [4.78, 5) is 26.3. The summed E-state index contributed by atoms with van der Waals surface area (Å²) >= 11 is 6.05. The molecule has 2 aromatic rings. The number of carbonyl (C=O) groups is 2. The zero-order valence-corrected chi connectivity index (χ0v) is 14.1. The lowest BCUT2D eigenvalue weighted by Gasteiger charge is -2.05. The molecule has 0 saturated heterocycles. The van der Waals surface area contributed by atoms with E-state index in [1.165, 1.54) is 0 Å². The van der Waals surface area contributed by atoms with Crippen LogP contribution in [0.1, 0.15) is 34.4 Å². The van der Waals surface area contributed by atoms with E-state index in [9.17, 15) is 9.59 Å². The van der Waals surface area contributed by atoms with Gasteiger partial charge in [0.25, 0.3) is 5.91 Å². The maximum atomic E-state index is 12.4. The van der Waals surface area contributed by atoms with Gasteiger partial charge in [-0.05, 0) is 55.2 Å². The van der Waals surface area contributed by atoms with E-state index < -0.39 is 5.97 Å². The maximum Gasteiger partial charge on any atom is 0.303 e. The van der Waals surface area contributed by atoms with Gasteiger partial charge in [-0.3, -0.25) is 9.59 Å². The molecule has 2 heterocycles. The van der Waals surface area contributed by atoms with Gasteiger partial charge >= 0.3 is 5.97 Å². The molecule has 1 aromatic heterocycles. The number of H-pyrrole nitrogens is 1. The Balaban J connectivity index is 2.05. The highest BCUT2D eigenvalue weighted by molar-refractivity contribution is 6.37. The van der Waals surface area contributed by atoms with Crippen LogP contribution >= 0.6 is 11.6 Å². The van der Waals surface area contributed by atoms with Gasteiger partial charge < -0.3 is 15.4 Å². The molecule has 0 bridgehead atoms. The van der Waals surface area contributed by atoms with Gasteiger partial charge in [0.2, 0.25) is 0 Å². The van der Waals surface area contributed by atoms with Crippen LogP contribution in [0.25, 0.3) is 11.6 Å². The van der Waals surface area contributed by atoms with Crippen LogP contribution in [0.15, 0.2) is 18.3 Å². The molecule has 1 amide bonds. The number of halogens is 1.